The number of hydrogen-bond donors (Lipinski definition) is 2. The first-order valence-electron chi connectivity index (χ1n) is 6.97. The Morgan fingerprint density at radius 1 is 1.04 bits per heavy atom. The second-order valence-corrected chi connectivity index (χ2v) is 4.85. The minimum absolute atomic E-state index is 0.0792. The Morgan fingerprint density at radius 2 is 1.74 bits per heavy atom. The number of guanidine groups is 1. The molecule has 23 heavy (non-hydrogen) atoms. The predicted molar refractivity (Wildman–Crippen MR) is 87.1 cm³/mol. The number of nitrogens with two attached hydrogens (primary N) is 2. The topological polar surface area (TPSA) is 104 Å². The molecule has 0 aliphatic heterocycles. The second-order valence-electron chi connectivity index (χ2n) is 4.85. The molecular formula is C17H15N3O3. The molecule has 6 heteroatoms. The van der Waals surface area contributed by atoms with Crippen LogP contribution in [0.15, 0.2) is 64.0 Å². The summed E-state index contributed by atoms with van der Waals surface area (Å²) in [6.45, 7) is 0.169. The van der Waals surface area contributed by atoms with Crippen molar-refractivity contribution in [1.29, 1.82) is 0 Å². The number of fused-ring (bicyclic) bond motifs is 1. The van der Waals surface area contributed by atoms with Crippen LogP contribution in [0.1, 0.15) is 16.1 Å². The van der Waals surface area contributed by atoms with Gasteiger partial charge in [-0.2, -0.15) is 4.99 Å². The smallest absolute Gasteiger partial charge is 0.316 e. The highest BCUT2D eigenvalue weighted by Gasteiger charge is 2.20. The second kappa shape index (κ2) is 6.23. The van der Waals surface area contributed by atoms with Crippen molar-refractivity contribution < 1.29 is 13.9 Å². The SMILES string of the molecule is NC(N)=NC(=O)c1oc2ccccc2c1COc1ccccc1. The monoisotopic (exact) mass is 309 g/mol. The summed E-state index contributed by atoms with van der Waals surface area (Å²) in [6.07, 6.45) is 0. The Morgan fingerprint density at radius 3 is 2.48 bits per heavy atom. The van der Waals surface area contributed by atoms with E-state index < -0.39 is 5.91 Å². The van der Waals surface area contributed by atoms with E-state index in [-0.39, 0.29) is 18.3 Å². The molecule has 1 heterocycles. The minimum atomic E-state index is -0.632. The van der Waals surface area contributed by atoms with Gasteiger partial charge in [-0.1, -0.05) is 36.4 Å². The molecule has 0 spiro atoms. The Hall–Kier alpha value is -3.28. The minimum Gasteiger partial charge on any atom is -0.489 e. The van der Waals surface area contributed by atoms with Gasteiger partial charge < -0.3 is 20.6 Å². The van der Waals surface area contributed by atoms with Gasteiger partial charge in [0, 0.05) is 10.9 Å². The van der Waals surface area contributed by atoms with Gasteiger partial charge >= 0.3 is 5.91 Å². The highest BCUT2D eigenvalue weighted by Crippen LogP contribution is 2.27. The summed E-state index contributed by atoms with van der Waals surface area (Å²) in [7, 11) is 0. The van der Waals surface area contributed by atoms with E-state index >= 15 is 0 Å². The largest absolute Gasteiger partial charge is 0.489 e. The standard InChI is InChI=1S/C17H15N3O3/c18-17(19)20-16(21)15-13(10-22-11-6-2-1-3-7-11)12-8-4-5-9-14(12)23-15/h1-9H,10H2,(H4,18,19,20,21). The number of ether oxygens (including phenoxy) is 1. The first-order chi connectivity index (χ1) is 11.1. The highest BCUT2D eigenvalue weighted by molar-refractivity contribution is 6.04. The van der Waals surface area contributed by atoms with E-state index in [2.05, 4.69) is 4.99 Å². The van der Waals surface area contributed by atoms with Gasteiger partial charge in [-0.3, -0.25) is 4.79 Å². The van der Waals surface area contributed by atoms with Gasteiger partial charge in [-0.05, 0) is 18.2 Å². The third kappa shape index (κ3) is 3.16. The molecule has 0 aliphatic carbocycles. The number of hydrogen-bond acceptors (Lipinski definition) is 3. The molecule has 3 aromatic rings. The lowest BCUT2D eigenvalue weighted by Gasteiger charge is -2.05. The maximum Gasteiger partial charge on any atom is 0.316 e. The average Bonchev–Trinajstić information content (AvgIpc) is 2.92. The van der Waals surface area contributed by atoms with E-state index in [0.717, 1.165) is 5.39 Å². The van der Waals surface area contributed by atoms with Crippen molar-refractivity contribution in [1.82, 2.24) is 0 Å². The van der Waals surface area contributed by atoms with Crippen LogP contribution in [0.4, 0.5) is 0 Å². The fraction of sp³-hybridized carbons (Fsp3) is 0.0588. The maximum absolute atomic E-state index is 12.2. The van der Waals surface area contributed by atoms with Gasteiger partial charge in [-0.15, -0.1) is 0 Å². The molecule has 0 radical (unpaired) electrons. The number of aliphatic imine (C=N–C) groups is 1. The molecule has 0 fully saturated rings. The number of nitrogens with zero attached hydrogens (tertiary/aromatic N) is 1. The van der Waals surface area contributed by atoms with Crippen LogP contribution < -0.4 is 16.2 Å². The van der Waals surface area contributed by atoms with E-state index in [1.54, 1.807) is 6.07 Å². The fourth-order valence-electron chi connectivity index (χ4n) is 2.26. The van der Waals surface area contributed by atoms with Crippen LogP contribution in [-0.2, 0) is 6.61 Å². The number of furan rings is 1. The lowest BCUT2D eigenvalue weighted by atomic mass is 10.1. The Bertz CT molecular complexity index is 865. The third-order valence-corrected chi connectivity index (χ3v) is 3.25. The third-order valence-electron chi connectivity index (χ3n) is 3.25. The van der Waals surface area contributed by atoms with Crippen LogP contribution in [0, 0.1) is 0 Å². The van der Waals surface area contributed by atoms with Crippen molar-refractivity contribution in [3.8, 4) is 5.75 Å². The van der Waals surface area contributed by atoms with Gasteiger partial charge in [0.25, 0.3) is 0 Å². The van der Waals surface area contributed by atoms with Gasteiger partial charge in [0.2, 0.25) is 5.76 Å². The number of para-hydroxylation sites is 2. The molecule has 3 rings (SSSR count). The number of benzene rings is 2. The van der Waals surface area contributed by atoms with E-state index in [9.17, 15) is 4.79 Å². The van der Waals surface area contributed by atoms with Crippen molar-refractivity contribution in [3.63, 3.8) is 0 Å². The zero-order valence-electron chi connectivity index (χ0n) is 12.2. The van der Waals surface area contributed by atoms with E-state index in [1.807, 2.05) is 48.5 Å². The van der Waals surface area contributed by atoms with Crippen molar-refractivity contribution in [3.05, 3.63) is 65.9 Å². The lowest BCUT2D eigenvalue weighted by Crippen LogP contribution is -2.24. The highest BCUT2D eigenvalue weighted by atomic mass is 16.5. The molecule has 116 valence electrons. The molecule has 4 N–H and O–H groups in total. The van der Waals surface area contributed by atoms with Crippen LogP contribution in [0.2, 0.25) is 0 Å². The molecule has 6 nitrogen and oxygen atoms in total. The fourth-order valence-corrected chi connectivity index (χ4v) is 2.26. The van der Waals surface area contributed by atoms with Crippen molar-refractivity contribution >= 4 is 22.8 Å². The Labute approximate surface area is 132 Å². The predicted octanol–water partition coefficient (Wildman–Crippen LogP) is 2.43. The van der Waals surface area contributed by atoms with Gasteiger partial charge in [0.05, 0.1) is 0 Å². The average molecular weight is 309 g/mol. The van der Waals surface area contributed by atoms with Crippen molar-refractivity contribution in [2.24, 2.45) is 16.5 Å². The summed E-state index contributed by atoms with van der Waals surface area (Å²) >= 11 is 0. The quantitative estimate of drug-likeness (QED) is 0.569. The molecule has 0 unspecified atom stereocenters. The van der Waals surface area contributed by atoms with Crippen LogP contribution >= 0.6 is 0 Å². The number of amides is 1. The van der Waals surface area contributed by atoms with Crippen LogP contribution in [0.5, 0.6) is 5.75 Å². The zero-order valence-corrected chi connectivity index (χ0v) is 12.2. The van der Waals surface area contributed by atoms with Crippen LogP contribution in [-0.4, -0.2) is 11.9 Å². The lowest BCUT2D eigenvalue weighted by molar-refractivity contribution is 0.0975. The van der Waals surface area contributed by atoms with E-state index in [1.165, 1.54) is 0 Å². The molecule has 0 bridgehead atoms. The number of carbonyl (C=O) groups is 1. The van der Waals surface area contributed by atoms with Gasteiger partial charge in [0.1, 0.15) is 17.9 Å². The number of carbonyl (C=O) groups excluding carboxylic acids is 1. The summed E-state index contributed by atoms with van der Waals surface area (Å²) in [6, 6.07) is 16.6. The number of rotatable bonds is 4. The van der Waals surface area contributed by atoms with E-state index in [4.69, 9.17) is 20.6 Å². The molecule has 0 aliphatic rings. The van der Waals surface area contributed by atoms with Crippen LogP contribution in [0.25, 0.3) is 11.0 Å². The van der Waals surface area contributed by atoms with Gasteiger partial charge in [-0.25, -0.2) is 0 Å². The van der Waals surface area contributed by atoms with Crippen LogP contribution in [0.3, 0.4) is 0 Å². The first-order valence-corrected chi connectivity index (χ1v) is 6.97. The molecule has 0 saturated heterocycles. The Kier molecular flexibility index (Phi) is 3.97. The summed E-state index contributed by atoms with van der Waals surface area (Å²) in [5.41, 5.74) is 11.7. The summed E-state index contributed by atoms with van der Waals surface area (Å²) in [5, 5.41) is 0.789. The summed E-state index contributed by atoms with van der Waals surface area (Å²) in [4.78, 5) is 15.7. The first kappa shape index (κ1) is 14.6. The van der Waals surface area contributed by atoms with Gasteiger partial charge in [0.15, 0.2) is 5.96 Å². The zero-order chi connectivity index (χ0) is 16.2. The molecule has 0 atom stereocenters. The summed E-state index contributed by atoms with van der Waals surface area (Å²) < 4.78 is 11.3. The summed E-state index contributed by atoms with van der Waals surface area (Å²) in [5.74, 6) is -0.174. The van der Waals surface area contributed by atoms with E-state index in [0.29, 0.717) is 16.9 Å². The molecular weight excluding hydrogens is 294 g/mol. The maximum atomic E-state index is 12.2. The molecule has 1 amide bonds. The molecule has 0 saturated carbocycles. The van der Waals surface area contributed by atoms with Crippen molar-refractivity contribution in [2.75, 3.05) is 0 Å². The normalized spacial score (nSPS) is 10.4. The van der Waals surface area contributed by atoms with Crippen molar-refractivity contribution in [2.45, 2.75) is 6.61 Å². The Balaban J connectivity index is 1.99. The molecule has 2 aromatic carbocycles. The molecule has 1 aromatic heterocycles.